The third kappa shape index (κ3) is 4.64. The lowest BCUT2D eigenvalue weighted by Gasteiger charge is -2.25. The Kier molecular flexibility index (Phi) is 6.04. The highest BCUT2D eigenvalue weighted by Crippen LogP contribution is 2.36. The number of hydrogen-bond acceptors (Lipinski definition) is 4. The van der Waals surface area contributed by atoms with E-state index in [9.17, 15) is 22.8 Å². The molecular formula is C18H19ClF3N3O4. The van der Waals surface area contributed by atoms with Crippen molar-refractivity contribution in [3.63, 3.8) is 0 Å². The van der Waals surface area contributed by atoms with Gasteiger partial charge in [0.1, 0.15) is 6.54 Å². The summed E-state index contributed by atoms with van der Waals surface area (Å²) in [4.78, 5) is 24.5. The second-order valence-corrected chi connectivity index (χ2v) is 7.33. The number of halogens is 4. The van der Waals surface area contributed by atoms with Crippen LogP contribution in [0.4, 0.5) is 13.2 Å². The number of carbonyl (C=O) groups excluding carboxylic acids is 1. The summed E-state index contributed by atoms with van der Waals surface area (Å²) in [7, 11) is 1.53. The molecule has 158 valence electrons. The first-order chi connectivity index (χ1) is 13.6. The highest BCUT2D eigenvalue weighted by Gasteiger charge is 2.39. The van der Waals surface area contributed by atoms with Gasteiger partial charge in [-0.3, -0.25) is 14.3 Å². The largest absolute Gasteiger partial charge is 0.481 e. The first-order valence-electron chi connectivity index (χ1n) is 8.82. The number of hydrogen-bond donors (Lipinski definition) is 1. The number of alkyl halides is 3. The summed E-state index contributed by atoms with van der Waals surface area (Å²) in [6.45, 7) is -0.994. The molecule has 1 aromatic carbocycles. The Hall–Kier alpha value is -2.33. The molecular weight excluding hydrogens is 415 g/mol. The van der Waals surface area contributed by atoms with E-state index in [1.54, 1.807) is 10.7 Å². The van der Waals surface area contributed by atoms with Crippen molar-refractivity contribution in [2.75, 3.05) is 20.3 Å². The van der Waals surface area contributed by atoms with Crippen molar-refractivity contribution in [3.05, 3.63) is 28.4 Å². The number of aromatic nitrogens is 2. The van der Waals surface area contributed by atoms with Gasteiger partial charge in [-0.05, 0) is 23.6 Å². The number of aliphatic carboxylic acids is 1. The van der Waals surface area contributed by atoms with Crippen molar-refractivity contribution < 1.29 is 32.6 Å². The summed E-state index contributed by atoms with van der Waals surface area (Å²) in [6.07, 6.45) is -3.67. The average molecular weight is 434 g/mol. The van der Waals surface area contributed by atoms with Gasteiger partial charge in [0.25, 0.3) is 0 Å². The van der Waals surface area contributed by atoms with Gasteiger partial charge in [0.15, 0.2) is 0 Å². The molecule has 1 aliphatic heterocycles. The van der Waals surface area contributed by atoms with Crippen LogP contribution in [-0.4, -0.2) is 58.1 Å². The number of ether oxygens (including phenoxy) is 1. The van der Waals surface area contributed by atoms with Gasteiger partial charge in [-0.25, -0.2) is 0 Å². The average Bonchev–Trinajstić information content (AvgIpc) is 2.99. The number of benzene rings is 1. The lowest BCUT2D eigenvalue weighted by Crippen LogP contribution is -2.41. The molecule has 1 unspecified atom stereocenters. The molecule has 0 saturated carbocycles. The first kappa shape index (κ1) is 21.4. The van der Waals surface area contributed by atoms with Crippen LogP contribution in [0.5, 0.6) is 0 Å². The standard InChI is InChI=1S/C18H19ClF3N3O4/c1-29-3-2-25-16-12(7-23-25)13-8-24(9-18(20,21)22)17(28)11(6-15(26)27)4-10(13)5-14(16)19/h5,7,11H,2-4,6,8-9H2,1H3,(H,26,27). The topological polar surface area (TPSA) is 84.7 Å². The second kappa shape index (κ2) is 8.19. The molecule has 0 aliphatic carbocycles. The number of rotatable bonds is 6. The Morgan fingerprint density at radius 1 is 1.45 bits per heavy atom. The zero-order valence-corrected chi connectivity index (χ0v) is 16.3. The number of nitrogens with zero attached hydrogens (tertiary/aromatic N) is 3. The summed E-state index contributed by atoms with van der Waals surface area (Å²) in [5.74, 6) is -3.19. The molecule has 0 saturated heterocycles. The van der Waals surface area contributed by atoms with Gasteiger partial charge in [-0.1, -0.05) is 11.6 Å². The third-order valence-electron chi connectivity index (χ3n) is 4.85. The van der Waals surface area contributed by atoms with Gasteiger partial charge in [0.05, 0.1) is 42.2 Å². The van der Waals surface area contributed by atoms with Crippen LogP contribution < -0.4 is 0 Å². The fourth-order valence-corrected chi connectivity index (χ4v) is 3.99. The summed E-state index contributed by atoms with van der Waals surface area (Å²) in [5.41, 5.74) is 1.59. The molecule has 1 aliphatic rings. The van der Waals surface area contributed by atoms with Crippen LogP contribution in [0.2, 0.25) is 5.02 Å². The normalized spacial score (nSPS) is 17.5. The second-order valence-electron chi connectivity index (χ2n) is 6.93. The minimum atomic E-state index is -4.61. The minimum absolute atomic E-state index is 0.00622. The smallest absolute Gasteiger partial charge is 0.406 e. The van der Waals surface area contributed by atoms with Crippen LogP contribution in [0.3, 0.4) is 0 Å². The van der Waals surface area contributed by atoms with Gasteiger partial charge in [-0.2, -0.15) is 18.3 Å². The van der Waals surface area contributed by atoms with Crippen LogP contribution >= 0.6 is 11.6 Å². The maximum absolute atomic E-state index is 13.1. The Morgan fingerprint density at radius 3 is 2.79 bits per heavy atom. The number of amides is 1. The van der Waals surface area contributed by atoms with Crippen molar-refractivity contribution in [2.24, 2.45) is 5.92 Å². The maximum Gasteiger partial charge on any atom is 0.406 e. The van der Waals surface area contributed by atoms with Crippen molar-refractivity contribution in [3.8, 4) is 0 Å². The molecule has 0 bridgehead atoms. The molecule has 2 aromatic rings. The maximum atomic E-state index is 13.1. The summed E-state index contributed by atoms with van der Waals surface area (Å²) < 4.78 is 45.8. The van der Waals surface area contributed by atoms with E-state index < -0.39 is 36.9 Å². The fraction of sp³-hybridized carbons (Fsp3) is 0.500. The number of carbonyl (C=O) groups is 2. The number of carboxylic acids is 1. The van der Waals surface area contributed by atoms with Crippen LogP contribution in [0.25, 0.3) is 10.9 Å². The van der Waals surface area contributed by atoms with E-state index in [1.807, 2.05) is 0 Å². The lowest BCUT2D eigenvalue weighted by atomic mass is 9.93. The predicted molar refractivity (Wildman–Crippen MR) is 97.5 cm³/mol. The summed E-state index contributed by atoms with van der Waals surface area (Å²) in [6, 6.07) is 1.59. The molecule has 0 fully saturated rings. The number of fused-ring (bicyclic) bond motifs is 3. The molecule has 1 N–H and O–H groups in total. The Balaban J connectivity index is 2.11. The molecule has 29 heavy (non-hydrogen) atoms. The monoisotopic (exact) mass is 433 g/mol. The molecule has 0 spiro atoms. The zero-order valence-electron chi connectivity index (χ0n) is 15.5. The number of methoxy groups -OCH3 is 1. The van der Waals surface area contributed by atoms with Crippen molar-refractivity contribution in [2.45, 2.75) is 32.1 Å². The van der Waals surface area contributed by atoms with Crippen molar-refractivity contribution >= 4 is 34.4 Å². The highest BCUT2D eigenvalue weighted by molar-refractivity contribution is 6.35. The minimum Gasteiger partial charge on any atom is -0.481 e. The van der Waals surface area contributed by atoms with Gasteiger partial charge in [0, 0.05) is 19.0 Å². The van der Waals surface area contributed by atoms with Crippen LogP contribution in [0, 0.1) is 5.92 Å². The van der Waals surface area contributed by atoms with Crippen molar-refractivity contribution in [1.82, 2.24) is 14.7 Å². The van der Waals surface area contributed by atoms with Crippen LogP contribution in [-0.2, 0) is 33.8 Å². The number of carboxylic acid groups (broad SMARTS) is 1. The molecule has 1 atom stereocenters. The summed E-state index contributed by atoms with van der Waals surface area (Å²) in [5, 5.41) is 14.2. The van der Waals surface area contributed by atoms with E-state index >= 15 is 0 Å². The van der Waals surface area contributed by atoms with Crippen LogP contribution in [0.15, 0.2) is 12.3 Å². The van der Waals surface area contributed by atoms with E-state index in [2.05, 4.69) is 5.10 Å². The van der Waals surface area contributed by atoms with E-state index in [-0.39, 0.29) is 13.0 Å². The molecule has 0 radical (unpaired) electrons. The fourth-order valence-electron chi connectivity index (χ4n) is 3.66. The molecule has 1 amide bonds. The highest BCUT2D eigenvalue weighted by atomic mass is 35.5. The third-order valence-corrected chi connectivity index (χ3v) is 5.14. The van der Waals surface area contributed by atoms with E-state index in [4.69, 9.17) is 21.4 Å². The molecule has 11 heteroatoms. The van der Waals surface area contributed by atoms with E-state index in [1.165, 1.54) is 13.3 Å². The Bertz CT molecular complexity index is 945. The predicted octanol–water partition coefficient (Wildman–Crippen LogP) is 2.87. The summed E-state index contributed by atoms with van der Waals surface area (Å²) >= 11 is 6.41. The van der Waals surface area contributed by atoms with E-state index in [0.29, 0.717) is 45.1 Å². The van der Waals surface area contributed by atoms with Crippen molar-refractivity contribution in [1.29, 1.82) is 0 Å². The first-order valence-corrected chi connectivity index (χ1v) is 9.20. The van der Waals surface area contributed by atoms with Gasteiger partial charge >= 0.3 is 12.1 Å². The van der Waals surface area contributed by atoms with Gasteiger partial charge in [0.2, 0.25) is 5.91 Å². The quantitative estimate of drug-likeness (QED) is 0.757. The SMILES string of the molecule is COCCn1ncc2c3c(cc(Cl)c21)CC(CC(=O)O)C(=O)N(CC(F)(F)F)C3. The lowest BCUT2D eigenvalue weighted by molar-refractivity contribution is -0.165. The molecule has 7 nitrogen and oxygen atoms in total. The molecule has 3 rings (SSSR count). The van der Waals surface area contributed by atoms with Gasteiger partial charge < -0.3 is 14.7 Å². The van der Waals surface area contributed by atoms with E-state index in [0.717, 1.165) is 0 Å². The zero-order chi connectivity index (χ0) is 21.3. The van der Waals surface area contributed by atoms with Gasteiger partial charge in [-0.15, -0.1) is 0 Å². The van der Waals surface area contributed by atoms with Crippen LogP contribution in [0.1, 0.15) is 17.5 Å². The Morgan fingerprint density at radius 2 is 2.17 bits per heavy atom. The Labute approximate surface area is 169 Å². The molecule has 2 heterocycles. The molecule has 1 aromatic heterocycles.